The van der Waals surface area contributed by atoms with Crippen molar-refractivity contribution in [2.24, 2.45) is 0 Å². The lowest BCUT2D eigenvalue weighted by Gasteiger charge is -2.34. The van der Waals surface area contributed by atoms with Crippen LogP contribution in [0, 0.1) is 0 Å². The van der Waals surface area contributed by atoms with Gasteiger partial charge in [0.25, 0.3) is 0 Å². The average Bonchev–Trinajstić information content (AvgIpc) is 2.43. The van der Waals surface area contributed by atoms with Crippen LogP contribution >= 0.6 is 0 Å². The Bertz CT molecular complexity index is 207. The van der Waals surface area contributed by atoms with Gasteiger partial charge in [-0.25, -0.2) is 0 Å². The van der Waals surface area contributed by atoms with Gasteiger partial charge in [-0.2, -0.15) is 0 Å². The summed E-state index contributed by atoms with van der Waals surface area (Å²) in [6, 6.07) is 0. The predicted octanol–water partition coefficient (Wildman–Crippen LogP) is 4.49. The molecule has 0 saturated carbocycles. The van der Waals surface area contributed by atoms with Crippen molar-refractivity contribution in [3.63, 3.8) is 0 Å². The van der Waals surface area contributed by atoms with Crippen LogP contribution in [0.1, 0.15) is 64.7 Å². The first-order valence-corrected chi connectivity index (χ1v) is 7.68. The van der Waals surface area contributed by atoms with Crippen LogP contribution in [0.25, 0.3) is 0 Å². The third kappa shape index (κ3) is 6.01. The Balaban J connectivity index is 2.00. The lowest BCUT2D eigenvalue weighted by atomic mass is 9.95. The van der Waals surface area contributed by atoms with E-state index < -0.39 is 0 Å². The van der Waals surface area contributed by atoms with Gasteiger partial charge in [0.05, 0.1) is 19.8 Å². The van der Waals surface area contributed by atoms with Gasteiger partial charge in [-0.3, -0.25) is 0 Å². The van der Waals surface area contributed by atoms with E-state index in [1.54, 1.807) is 0 Å². The van der Waals surface area contributed by atoms with Crippen molar-refractivity contribution >= 4 is 0 Å². The van der Waals surface area contributed by atoms with E-state index in [1.807, 2.05) is 6.08 Å². The molecule has 1 saturated heterocycles. The molecular formula is C16H30O2. The minimum atomic E-state index is -0.194. The smallest absolute Gasteiger partial charge is 0.109 e. The van der Waals surface area contributed by atoms with Crippen molar-refractivity contribution in [1.82, 2.24) is 0 Å². The summed E-state index contributed by atoms with van der Waals surface area (Å²) in [5.74, 6) is 0. The van der Waals surface area contributed by atoms with E-state index >= 15 is 0 Å². The van der Waals surface area contributed by atoms with Crippen LogP contribution in [-0.2, 0) is 9.47 Å². The van der Waals surface area contributed by atoms with Crippen LogP contribution < -0.4 is 0 Å². The molecule has 0 radical (unpaired) electrons. The molecule has 0 spiro atoms. The molecule has 1 aliphatic heterocycles. The monoisotopic (exact) mass is 254 g/mol. The van der Waals surface area contributed by atoms with E-state index in [0.717, 1.165) is 13.0 Å². The quantitative estimate of drug-likeness (QED) is 0.422. The van der Waals surface area contributed by atoms with Crippen molar-refractivity contribution in [1.29, 1.82) is 0 Å². The van der Waals surface area contributed by atoms with Gasteiger partial charge in [0, 0.05) is 0 Å². The molecule has 1 unspecified atom stereocenters. The molecule has 0 bridgehead atoms. The Labute approximate surface area is 113 Å². The maximum atomic E-state index is 5.83. The van der Waals surface area contributed by atoms with Gasteiger partial charge in [0.2, 0.25) is 0 Å². The predicted molar refractivity (Wildman–Crippen MR) is 76.9 cm³/mol. The molecule has 1 fully saturated rings. The molecule has 1 rings (SSSR count). The van der Waals surface area contributed by atoms with Gasteiger partial charge in [0.1, 0.15) is 5.60 Å². The van der Waals surface area contributed by atoms with Gasteiger partial charge in [-0.15, -0.1) is 6.58 Å². The van der Waals surface area contributed by atoms with Crippen LogP contribution in [0.5, 0.6) is 0 Å². The molecule has 0 amide bonds. The number of rotatable bonds is 10. The fraction of sp³-hybridized carbons (Fsp3) is 0.875. The van der Waals surface area contributed by atoms with Crippen molar-refractivity contribution < 1.29 is 9.47 Å². The second-order valence-corrected chi connectivity index (χ2v) is 5.39. The standard InChI is InChI=1S/C16H30O2/c1-3-5-6-7-8-9-10-11-12-16(4-2)15-17-13-14-18-16/h4H,2-3,5-15H2,1H3. The highest BCUT2D eigenvalue weighted by Crippen LogP contribution is 2.24. The molecule has 2 heteroatoms. The third-order valence-electron chi connectivity index (χ3n) is 3.79. The molecule has 0 aliphatic carbocycles. The lowest BCUT2D eigenvalue weighted by Crippen LogP contribution is -2.41. The van der Waals surface area contributed by atoms with E-state index in [1.165, 1.54) is 51.4 Å². The molecule has 1 heterocycles. The maximum Gasteiger partial charge on any atom is 0.109 e. The van der Waals surface area contributed by atoms with E-state index in [2.05, 4.69) is 13.5 Å². The number of hydrogen-bond donors (Lipinski definition) is 0. The molecule has 0 aromatic rings. The van der Waals surface area contributed by atoms with Crippen molar-refractivity contribution in [2.45, 2.75) is 70.3 Å². The molecule has 0 N–H and O–H groups in total. The third-order valence-corrected chi connectivity index (χ3v) is 3.79. The Morgan fingerprint density at radius 2 is 1.67 bits per heavy atom. The first kappa shape index (κ1) is 15.7. The molecule has 0 aromatic heterocycles. The molecule has 106 valence electrons. The van der Waals surface area contributed by atoms with Crippen LogP contribution in [0.3, 0.4) is 0 Å². The van der Waals surface area contributed by atoms with Crippen molar-refractivity contribution in [2.75, 3.05) is 19.8 Å². The zero-order chi connectivity index (χ0) is 13.1. The summed E-state index contributed by atoms with van der Waals surface area (Å²) < 4.78 is 11.3. The summed E-state index contributed by atoms with van der Waals surface area (Å²) in [5, 5.41) is 0. The largest absolute Gasteiger partial charge is 0.376 e. The fourth-order valence-electron chi connectivity index (χ4n) is 2.51. The van der Waals surface area contributed by atoms with E-state index in [-0.39, 0.29) is 5.60 Å². The Morgan fingerprint density at radius 3 is 2.22 bits per heavy atom. The maximum absolute atomic E-state index is 5.83. The SMILES string of the molecule is C=CC1(CCCCCCCCCC)COCCO1. The lowest BCUT2D eigenvalue weighted by molar-refractivity contribution is -0.135. The summed E-state index contributed by atoms with van der Waals surface area (Å²) in [6.07, 6.45) is 13.8. The highest BCUT2D eigenvalue weighted by molar-refractivity contribution is 4.98. The number of unbranched alkanes of at least 4 members (excludes halogenated alkanes) is 7. The average molecular weight is 254 g/mol. The van der Waals surface area contributed by atoms with Crippen LogP contribution in [0.15, 0.2) is 12.7 Å². The zero-order valence-corrected chi connectivity index (χ0v) is 12.1. The second-order valence-electron chi connectivity index (χ2n) is 5.39. The van der Waals surface area contributed by atoms with Gasteiger partial charge >= 0.3 is 0 Å². The highest BCUT2D eigenvalue weighted by atomic mass is 16.6. The van der Waals surface area contributed by atoms with Gasteiger partial charge in [0.15, 0.2) is 0 Å². The number of ether oxygens (including phenoxy) is 2. The second kappa shape index (κ2) is 9.57. The minimum Gasteiger partial charge on any atom is -0.376 e. The molecule has 2 nitrogen and oxygen atoms in total. The van der Waals surface area contributed by atoms with Crippen molar-refractivity contribution in [3.8, 4) is 0 Å². The number of hydrogen-bond acceptors (Lipinski definition) is 2. The van der Waals surface area contributed by atoms with Crippen molar-refractivity contribution in [3.05, 3.63) is 12.7 Å². The highest BCUT2D eigenvalue weighted by Gasteiger charge is 2.29. The van der Waals surface area contributed by atoms with Gasteiger partial charge in [-0.1, -0.05) is 64.4 Å². The van der Waals surface area contributed by atoms with E-state index in [0.29, 0.717) is 13.2 Å². The molecular weight excluding hydrogens is 224 g/mol. The normalized spacial score (nSPS) is 24.1. The minimum absolute atomic E-state index is 0.194. The Kier molecular flexibility index (Phi) is 8.36. The topological polar surface area (TPSA) is 18.5 Å². The summed E-state index contributed by atoms with van der Waals surface area (Å²) in [6.45, 7) is 8.29. The molecule has 0 aromatic carbocycles. The molecule has 1 aliphatic rings. The van der Waals surface area contributed by atoms with Gasteiger partial charge in [-0.05, 0) is 6.42 Å². The van der Waals surface area contributed by atoms with Crippen LogP contribution in [0.2, 0.25) is 0 Å². The summed E-state index contributed by atoms with van der Waals surface area (Å²) in [7, 11) is 0. The van der Waals surface area contributed by atoms with Gasteiger partial charge < -0.3 is 9.47 Å². The Hall–Kier alpha value is -0.340. The fourth-order valence-corrected chi connectivity index (χ4v) is 2.51. The summed E-state index contributed by atoms with van der Waals surface area (Å²) in [4.78, 5) is 0. The summed E-state index contributed by atoms with van der Waals surface area (Å²) >= 11 is 0. The van der Waals surface area contributed by atoms with Crippen LogP contribution in [0.4, 0.5) is 0 Å². The summed E-state index contributed by atoms with van der Waals surface area (Å²) in [5.41, 5.74) is -0.194. The first-order chi connectivity index (χ1) is 8.83. The molecule has 1 atom stereocenters. The van der Waals surface area contributed by atoms with E-state index in [9.17, 15) is 0 Å². The Morgan fingerprint density at radius 1 is 1.00 bits per heavy atom. The van der Waals surface area contributed by atoms with Crippen LogP contribution in [-0.4, -0.2) is 25.4 Å². The zero-order valence-electron chi connectivity index (χ0n) is 12.1. The molecule has 18 heavy (non-hydrogen) atoms. The first-order valence-electron chi connectivity index (χ1n) is 7.68. The van der Waals surface area contributed by atoms with E-state index in [4.69, 9.17) is 9.47 Å².